The molecule has 2 saturated carbocycles. The summed E-state index contributed by atoms with van der Waals surface area (Å²) in [6.07, 6.45) is 17.5. The van der Waals surface area contributed by atoms with Gasteiger partial charge in [-0.25, -0.2) is 18.4 Å². The first-order valence-corrected chi connectivity index (χ1v) is 23.6. The summed E-state index contributed by atoms with van der Waals surface area (Å²) in [7, 11) is 0. The Labute approximate surface area is 359 Å². The number of likely N-dealkylation sites (tertiary alicyclic amines) is 2. The fourth-order valence-corrected chi connectivity index (χ4v) is 11.2. The van der Waals surface area contributed by atoms with Crippen molar-refractivity contribution in [3.8, 4) is 0 Å². The number of esters is 1. The van der Waals surface area contributed by atoms with Gasteiger partial charge in [-0.1, -0.05) is 88.5 Å². The predicted molar refractivity (Wildman–Crippen MR) is 237 cm³/mol. The highest BCUT2D eigenvalue weighted by molar-refractivity contribution is 5.77. The van der Waals surface area contributed by atoms with Gasteiger partial charge < -0.3 is 24.6 Å². The lowest BCUT2D eigenvalue weighted by molar-refractivity contribution is -0.152. The van der Waals surface area contributed by atoms with Crippen LogP contribution in [0.4, 0.5) is 8.78 Å². The van der Waals surface area contributed by atoms with Crippen LogP contribution in [0.2, 0.25) is 0 Å². The Morgan fingerprint density at radius 3 is 1.85 bits per heavy atom. The van der Waals surface area contributed by atoms with Crippen molar-refractivity contribution in [3.63, 3.8) is 0 Å². The zero-order valence-electron chi connectivity index (χ0n) is 36.4. The van der Waals surface area contributed by atoms with Crippen LogP contribution in [-0.4, -0.2) is 98.5 Å². The zero-order chi connectivity index (χ0) is 42.7. The Balaban J connectivity index is 0.000000184. The van der Waals surface area contributed by atoms with E-state index in [0.717, 1.165) is 62.5 Å². The molecule has 0 spiro atoms. The molecule has 4 aromatic rings. The molecule has 2 aromatic heterocycles. The molecule has 336 valence electrons. The minimum Gasteiger partial charge on any atom is -0.466 e. The number of carbonyl (C=O) groups excluding carboxylic acids is 1. The molecule has 61 heavy (non-hydrogen) atoms. The van der Waals surface area contributed by atoms with Crippen LogP contribution in [0, 0.1) is 23.7 Å². The number of H-pyrrole nitrogens is 1. The number of carbonyl (C=O) groups is 1. The number of hydrogen-bond donors (Lipinski definition) is 2. The Morgan fingerprint density at radius 2 is 1.26 bits per heavy atom. The lowest BCUT2D eigenvalue weighted by atomic mass is 9.88. The number of piperidine rings is 2. The van der Waals surface area contributed by atoms with E-state index in [1.165, 1.54) is 94.5 Å². The number of hydrogen-bond acceptors (Lipinski definition) is 7. The minimum absolute atomic E-state index is 0.00731. The fourth-order valence-electron chi connectivity index (χ4n) is 11.2. The second-order valence-corrected chi connectivity index (χ2v) is 18.4. The monoisotopic (exact) mass is 849 g/mol. The summed E-state index contributed by atoms with van der Waals surface area (Å²) in [5.41, 5.74) is 2.39. The number of ether oxygens (including phenoxy) is 1. The van der Waals surface area contributed by atoms with Gasteiger partial charge in [-0.3, -0.25) is 18.5 Å². The van der Waals surface area contributed by atoms with Gasteiger partial charge in [0.25, 0.3) is 6.43 Å². The van der Waals surface area contributed by atoms with Gasteiger partial charge in [-0.15, -0.1) is 0 Å². The third-order valence-corrected chi connectivity index (χ3v) is 14.2. The van der Waals surface area contributed by atoms with Crippen molar-refractivity contribution in [2.24, 2.45) is 23.7 Å². The number of nitrogens with zero attached hydrogens (tertiary/aromatic N) is 5. The summed E-state index contributed by atoms with van der Waals surface area (Å²) in [5, 5.41) is 10.2. The molecule has 11 nitrogen and oxygen atoms in total. The van der Waals surface area contributed by atoms with Crippen LogP contribution >= 0.6 is 0 Å². The first-order chi connectivity index (χ1) is 29.7. The zero-order valence-corrected chi connectivity index (χ0v) is 36.4. The summed E-state index contributed by atoms with van der Waals surface area (Å²) in [6, 6.07) is 14.6. The molecule has 2 N–H and O–H groups in total. The number of rotatable bonds is 11. The van der Waals surface area contributed by atoms with Crippen LogP contribution in [-0.2, 0) is 16.1 Å². The van der Waals surface area contributed by atoms with Crippen molar-refractivity contribution in [3.05, 3.63) is 69.5 Å². The summed E-state index contributed by atoms with van der Waals surface area (Å²) in [6.45, 7) is 6.94. The van der Waals surface area contributed by atoms with Crippen molar-refractivity contribution >= 4 is 28.0 Å². The number of fused-ring (bicyclic) bond motifs is 2. The van der Waals surface area contributed by atoms with Crippen molar-refractivity contribution in [1.29, 1.82) is 0 Å². The third-order valence-electron chi connectivity index (χ3n) is 14.2. The Bertz CT molecular complexity index is 2090. The van der Waals surface area contributed by atoms with Crippen molar-refractivity contribution in [1.82, 2.24) is 28.5 Å². The summed E-state index contributed by atoms with van der Waals surface area (Å²) >= 11 is 0. The molecule has 0 amide bonds. The van der Waals surface area contributed by atoms with Crippen LogP contribution in [0.5, 0.6) is 0 Å². The van der Waals surface area contributed by atoms with Crippen LogP contribution < -0.4 is 11.4 Å². The number of aliphatic hydroxyl groups is 1. The molecule has 2 aliphatic heterocycles. The molecule has 0 bridgehead atoms. The standard InChI is InChI=1S/C24H35F2N3O2.C24H35N3O3/c25-23(26)16-28-21-10-6-7-11-22(21)29(24(28)31)20-12-13-27(15-19(20)17-30)14-18-8-4-2-1-3-5-9-18;1-2-30-23(28)19-17-26(16-18-10-6-4-3-5-7-11-18)15-14-21(19)27-22-13-9-8-12-20(22)25-24(27)29/h6-7,10-11,18-20,23,30H,1-5,8-9,12-17H2;8-9,12-13,18-19,21H,2-7,10-11,14-17H2,1H3,(H,25,29). The lowest BCUT2D eigenvalue weighted by Crippen LogP contribution is -2.48. The maximum Gasteiger partial charge on any atom is 0.329 e. The van der Waals surface area contributed by atoms with Crippen LogP contribution in [0.15, 0.2) is 58.1 Å². The van der Waals surface area contributed by atoms with E-state index >= 15 is 0 Å². The number of aliphatic hydroxyl groups excluding tert-OH is 1. The van der Waals surface area contributed by atoms with Crippen molar-refractivity contribution in [2.45, 2.75) is 135 Å². The van der Waals surface area contributed by atoms with Gasteiger partial charge in [0.15, 0.2) is 0 Å². The van der Waals surface area contributed by atoms with E-state index in [2.05, 4.69) is 14.8 Å². The highest BCUT2D eigenvalue weighted by Crippen LogP contribution is 2.34. The number of imidazole rings is 2. The number of para-hydroxylation sites is 4. The van der Waals surface area contributed by atoms with Gasteiger partial charge >= 0.3 is 17.3 Å². The van der Waals surface area contributed by atoms with Crippen molar-refractivity contribution in [2.75, 3.05) is 52.5 Å². The Hall–Kier alpha value is -3.81. The highest BCUT2D eigenvalue weighted by Gasteiger charge is 2.39. The number of halogens is 2. The molecule has 13 heteroatoms. The largest absolute Gasteiger partial charge is 0.466 e. The molecule has 2 aromatic carbocycles. The van der Waals surface area contributed by atoms with Gasteiger partial charge in [-0.05, 0) is 81.5 Å². The normalized spacial score (nSPS) is 24.5. The molecule has 4 unspecified atom stereocenters. The number of aromatic amines is 1. The van der Waals surface area contributed by atoms with E-state index < -0.39 is 18.7 Å². The first-order valence-electron chi connectivity index (χ1n) is 23.6. The summed E-state index contributed by atoms with van der Waals surface area (Å²) < 4.78 is 36.4. The highest BCUT2D eigenvalue weighted by atomic mass is 19.3. The van der Waals surface area contributed by atoms with E-state index in [1.807, 2.05) is 43.3 Å². The van der Waals surface area contributed by atoms with E-state index in [9.17, 15) is 28.3 Å². The van der Waals surface area contributed by atoms with Crippen LogP contribution in [0.1, 0.15) is 122 Å². The molecular formula is C48H70F2N6O5. The average molecular weight is 849 g/mol. The molecule has 4 fully saturated rings. The van der Waals surface area contributed by atoms with Gasteiger partial charge in [0.1, 0.15) is 0 Å². The molecule has 4 heterocycles. The average Bonchev–Trinajstić information content (AvgIpc) is 3.71. The molecular weight excluding hydrogens is 779 g/mol. The topological polar surface area (TPSA) is 118 Å². The van der Waals surface area contributed by atoms with Gasteiger partial charge in [0.05, 0.1) is 47.2 Å². The molecule has 2 aliphatic carbocycles. The van der Waals surface area contributed by atoms with Gasteiger partial charge in [0, 0.05) is 57.8 Å². The van der Waals surface area contributed by atoms with Crippen LogP contribution in [0.25, 0.3) is 22.1 Å². The molecule has 2 saturated heterocycles. The number of aromatic nitrogens is 4. The molecule has 0 radical (unpaired) electrons. The maximum atomic E-state index is 13.2. The predicted octanol–water partition coefficient (Wildman–Crippen LogP) is 8.40. The number of alkyl halides is 2. The Morgan fingerprint density at radius 1 is 0.721 bits per heavy atom. The number of nitrogens with one attached hydrogen (secondary N) is 1. The van der Waals surface area contributed by atoms with E-state index in [0.29, 0.717) is 30.1 Å². The Kier molecular flexibility index (Phi) is 16.3. The van der Waals surface area contributed by atoms with Gasteiger partial charge in [-0.2, -0.15) is 0 Å². The first kappa shape index (κ1) is 45.2. The molecule has 8 rings (SSSR count). The lowest BCUT2D eigenvalue weighted by Gasteiger charge is -2.40. The maximum absolute atomic E-state index is 13.2. The molecule has 4 aliphatic rings. The smallest absolute Gasteiger partial charge is 0.329 e. The quantitative estimate of drug-likeness (QED) is 0.146. The summed E-state index contributed by atoms with van der Waals surface area (Å²) in [4.78, 5) is 46.7. The fraction of sp³-hybridized carbons (Fsp3) is 0.688. The third kappa shape index (κ3) is 11.2. The molecule has 4 atom stereocenters. The minimum atomic E-state index is -2.59. The second kappa shape index (κ2) is 22.0. The van der Waals surface area contributed by atoms with Gasteiger partial charge in [0.2, 0.25) is 0 Å². The van der Waals surface area contributed by atoms with E-state index in [4.69, 9.17) is 4.74 Å². The van der Waals surface area contributed by atoms with Crippen LogP contribution in [0.3, 0.4) is 0 Å². The van der Waals surface area contributed by atoms with E-state index in [-0.39, 0.29) is 42.2 Å². The SMILES string of the molecule is CCOC(=O)C1CN(CC2CCCCCCC2)CCC1n1c(=O)[nH]c2ccccc21.O=c1n(CC(F)F)c2ccccc2n1C1CCN(CC2CCCCCCC2)CC1CO. The summed E-state index contributed by atoms with van der Waals surface area (Å²) in [5.74, 6) is 0.865. The van der Waals surface area contributed by atoms with E-state index in [1.54, 1.807) is 21.3 Å². The van der Waals surface area contributed by atoms with Crippen molar-refractivity contribution < 1.29 is 23.4 Å². The number of benzene rings is 2. The second-order valence-electron chi connectivity index (χ2n) is 18.4.